The largest absolute Gasteiger partial charge is 0.481 e. The maximum atomic E-state index is 11.1. The lowest BCUT2D eigenvalue weighted by Gasteiger charge is -2.31. The number of carboxylic acids is 1. The fraction of sp³-hybridized carbons (Fsp3) is 0.421. The van der Waals surface area contributed by atoms with E-state index in [-0.39, 0.29) is 5.92 Å². The number of hydrogen-bond donors (Lipinski definition) is 2. The van der Waals surface area contributed by atoms with Crippen molar-refractivity contribution in [3.05, 3.63) is 47.2 Å². The Hall–Kier alpha value is -2.63. The lowest BCUT2D eigenvalue weighted by molar-refractivity contribution is -0.142. The van der Waals surface area contributed by atoms with E-state index in [1.807, 2.05) is 19.1 Å². The van der Waals surface area contributed by atoms with Gasteiger partial charge in [0.15, 0.2) is 0 Å². The molecule has 1 aliphatic rings. The Morgan fingerprint density at radius 1 is 1.24 bits per heavy atom. The summed E-state index contributed by atoms with van der Waals surface area (Å²) in [5, 5.41) is 12.4. The third kappa shape index (κ3) is 4.47. The molecule has 0 bridgehead atoms. The molecule has 132 valence electrons. The number of benzene rings is 1. The lowest BCUT2D eigenvalue weighted by atomic mass is 9.97. The van der Waals surface area contributed by atoms with E-state index in [1.165, 1.54) is 11.1 Å². The number of nitrogens with zero attached hydrogens (tertiary/aromatic N) is 3. The van der Waals surface area contributed by atoms with Crippen LogP contribution >= 0.6 is 0 Å². The van der Waals surface area contributed by atoms with Crippen LogP contribution in [0.3, 0.4) is 0 Å². The molecule has 0 aliphatic carbocycles. The number of nitrogens with one attached hydrogen (secondary N) is 1. The van der Waals surface area contributed by atoms with Crippen LogP contribution in [0, 0.1) is 19.8 Å². The number of aromatic nitrogens is 2. The first-order valence-electron chi connectivity index (χ1n) is 8.64. The van der Waals surface area contributed by atoms with Crippen LogP contribution in [0.5, 0.6) is 0 Å². The average Bonchev–Trinajstić information content (AvgIpc) is 2.60. The Balaban J connectivity index is 1.67. The van der Waals surface area contributed by atoms with E-state index in [0.717, 1.165) is 11.5 Å². The van der Waals surface area contributed by atoms with Gasteiger partial charge in [0.25, 0.3) is 0 Å². The molecule has 1 fully saturated rings. The van der Waals surface area contributed by atoms with E-state index >= 15 is 0 Å². The molecule has 2 heterocycles. The molecule has 1 aromatic heterocycles. The van der Waals surface area contributed by atoms with Gasteiger partial charge in [-0.3, -0.25) is 4.79 Å². The maximum absolute atomic E-state index is 11.1. The van der Waals surface area contributed by atoms with Gasteiger partial charge in [0.2, 0.25) is 5.95 Å². The van der Waals surface area contributed by atoms with E-state index in [1.54, 1.807) is 0 Å². The minimum Gasteiger partial charge on any atom is -0.481 e. The normalized spacial score (nSPS) is 15.2. The first-order valence-corrected chi connectivity index (χ1v) is 8.64. The lowest BCUT2D eigenvalue weighted by Crippen LogP contribution is -2.37. The van der Waals surface area contributed by atoms with Crippen LogP contribution < -0.4 is 10.2 Å². The van der Waals surface area contributed by atoms with Gasteiger partial charge in [0, 0.05) is 31.4 Å². The fourth-order valence-electron chi connectivity index (χ4n) is 3.15. The molecule has 6 heteroatoms. The van der Waals surface area contributed by atoms with Crippen LogP contribution in [0.25, 0.3) is 0 Å². The minimum atomic E-state index is -0.695. The van der Waals surface area contributed by atoms with Crippen molar-refractivity contribution >= 4 is 17.7 Å². The van der Waals surface area contributed by atoms with Crippen LogP contribution in [-0.2, 0) is 11.3 Å². The van der Waals surface area contributed by atoms with E-state index in [4.69, 9.17) is 5.11 Å². The van der Waals surface area contributed by atoms with Crippen LogP contribution in [0.2, 0.25) is 0 Å². The van der Waals surface area contributed by atoms with Gasteiger partial charge in [-0.15, -0.1) is 0 Å². The van der Waals surface area contributed by atoms with Crippen molar-refractivity contribution in [3.63, 3.8) is 0 Å². The molecular weight excluding hydrogens is 316 g/mol. The quantitative estimate of drug-likeness (QED) is 0.871. The molecule has 0 radical (unpaired) electrons. The van der Waals surface area contributed by atoms with E-state index in [9.17, 15) is 4.79 Å². The number of aryl methyl sites for hydroxylation is 2. The molecule has 1 aromatic carbocycles. The number of aliphatic carboxylic acids is 1. The molecule has 25 heavy (non-hydrogen) atoms. The second kappa shape index (κ2) is 7.51. The SMILES string of the molecule is Cc1cccc(CNc2nc(C)cc(N3CCC(C(=O)O)CC3)n2)c1. The smallest absolute Gasteiger partial charge is 0.306 e. The summed E-state index contributed by atoms with van der Waals surface area (Å²) in [6, 6.07) is 10.3. The Bertz CT molecular complexity index is 755. The fourth-order valence-corrected chi connectivity index (χ4v) is 3.15. The molecule has 0 atom stereocenters. The molecule has 0 saturated carbocycles. The van der Waals surface area contributed by atoms with Gasteiger partial charge >= 0.3 is 5.97 Å². The second-order valence-electron chi connectivity index (χ2n) is 6.63. The summed E-state index contributed by atoms with van der Waals surface area (Å²) in [7, 11) is 0. The van der Waals surface area contributed by atoms with Gasteiger partial charge in [0.1, 0.15) is 5.82 Å². The highest BCUT2D eigenvalue weighted by Crippen LogP contribution is 2.23. The predicted molar refractivity (Wildman–Crippen MR) is 97.8 cm³/mol. The summed E-state index contributed by atoms with van der Waals surface area (Å²) in [5.41, 5.74) is 3.32. The molecule has 2 N–H and O–H groups in total. The third-order valence-corrected chi connectivity index (χ3v) is 4.54. The maximum Gasteiger partial charge on any atom is 0.306 e. The third-order valence-electron chi connectivity index (χ3n) is 4.54. The Labute approximate surface area is 147 Å². The van der Waals surface area contributed by atoms with Crippen LogP contribution in [0.15, 0.2) is 30.3 Å². The summed E-state index contributed by atoms with van der Waals surface area (Å²) >= 11 is 0. The number of carbonyl (C=O) groups is 1. The molecule has 0 unspecified atom stereocenters. The van der Waals surface area contributed by atoms with Crippen molar-refractivity contribution in [2.75, 3.05) is 23.3 Å². The number of carboxylic acid groups (broad SMARTS) is 1. The molecule has 1 saturated heterocycles. The molecule has 6 nitrogen and oxygen atoms in total. The summed E-state index contributed by atoms with van der Waals surface area (Å²) < 4.78 is 0. The highest BCUT2D eigenvalue weighted by Gasteiger charge is 2.25. The van der Waals surface area contributed by atoms with Crippen LogP contribution in [0.1, 0.15) is 29.7 Å². The monoisotopic (exact) mass is 340 g/mol. The molecule has 0 amide bonds. The van der Waals surface area contributed by atoms with Crippen molar-refractivity contribution in [3.8, 4) is 0 Å². The summed E-state index contributed by atoms with van der Waals surface area (Å²) in [4.78, 5) is 22.3. The van der Waals surface area contributed by atoms with Gasteiger partial charge in [-0.2, -0.15) is 4.98 Å². The van der Waals surface area contributed by atoms with Crippen molar-refractivity contribution in [2.24, 2.45) is 5.92 Å². The average molecular weight is 340 g/mol. The highest BCUT2D eigenvalue weighted by molar-refractivity contribution is 5.70. The zero-order valence-corrected chi connectivity index (χ0v) is 14.7. The molecule has 1 aliphatic heterocycles. The first-order chi connectivity index (χ1) is 12.0. The van der Waals surface area contributed by atoms with Gasteiger partial charge in [-0.05, 0) is 32.3 Å². The van der Waals surface area contributed by atoms with Gasteiger partial charge in [-0.25, -0.2) is 4.98 Å². The first kappa shape index (κ1) is 17.2. The van der Waals surface area contributed by atoms with Gasteiger partial charge in [0.05, 0.1) is 5.92 Å². The minimum absolute atomic E-state index is 0.238. The summed E-state index contributed by atoms with van der Waals surface area (Å²) in [6.07, 6.45) is 1.31. The van der Waals surface area contributed by atoms with E-state index in [0.29, 0.717) is 38.4 Å². The summed E-state index contributed by atoms with van der Waals surface area (Å²) in [6.45, 7) is 6.12. The Morgan fingerprint density at radius 2 is 2.00 bits per heavy atom. The second-order valence-corrected chi connectivity index (χ2v) is 6.63. The predicted octanol–water partition coefficient (Wildman–Crippen LogP) is 3.01. The van der Waals surface area contributed by atoms with Gasteiger partial charge in [-0.1, -0.05) is 29.8 Å². The van der Waals surface area contributed by atoms with Crippen molar-refractivity contribution in [2.45, 2.75) is 33.2 Å². The number of hydrogen-bond acceptors (Lipinski definition) is 5. The van der Waals surface area contributed by atoms with Crippen molar-refractivity contribution in [1.82, 2.24) is 9.97 Å². The van der Waals surface area contributed by atoms with Crippen LogP contribution in [0.4, 0.5) is 11.8 Å². The zero-order valence-electron chi connectivity index (χ0n) is 14.7. The molecular formula is C19H24N4O2. The highest BCUT2D eigenvalue weighted by atomic mass is 16.4. The molecule has 3 rings (SSSR count). The number of anilines is 2. The van der Waals surface area contributed by atoms with Crippen molar-refractivity contribution < 1.29 is 9.90 Å². The number of piperidine rings is 1. The van der Waals surface area contributed by atoms with E-state index < -0.39 is 5.97 Å². The van der Waals surface area contributed by atoms with E-state index in [2.05, 4.69) is 45.3 Å². The molecule has 2 aromatic rings. The number of rotatable bonds is 5. The zero-order chi connectivity index (χ0) is 17.8. The van der Waals surface area contributed by atoms with Gasteiger partial charge < -0.3 is 15.3 Å². The summed E-state index contributed by atoms with van der Waals surface area (Å²) in [5.74, 6) is 0.539. The Kier molecular flexibility index (Phi) is 5.16. The van der Waals surface area contributed by atoms with Crippen LogP contribution in [-0.4, -0.2) is 34.1 Å². The van der Waals surface area contributed by atoms with Crippen molar-refractivity contribution in [1.29, 1.82) is 0 Å². The molecule has 0 spiro atoms. The standard InChI is InChI=1S/C19H24N4O2/c1-13-4-3-5-15(10-13)12-20-19-21-14(2)11-17(22-19)23-8-6-16(7-9-23)18(24)25/h3-5,10-11,16H,6-9,12H2,1-2H3,(H,24,25)(H,20,21,22). The topological polar surface area (TPSA) is 78.4 Å². The Morgan fingerprint density at radius 3 is 2.68 bits per heavy atom.